The molecule has 0 radical (unpaired) electrons. The normalized spacial score (nSPS) is 25.0. The number of amides is 5. The van der Waals surface area contributed by atoms with Gasteiger partial charge in [-0.15, -0.1) is 0 Å². The lowest BCUT2D eigenvalue weighted by Crippen LogP contribution is -2.74. The van der Waals surface area contributed by atoms with Crippen molar-refractivity contribution in [1.29, 1.82) is 5.26 Å². The summed E-state index contributed by atoms with van der Waals surface area (Å²) in [6.07, 6.45) is 2.83. The number of nitriles is 1. The summed E-state index contributed by atoms with van der Waals surface area (Å²) in [6, 6.07) is 19.1. The Hall–Kier alpha value is -5.45. The van der Waals surface area contributed by atoms with Crippen LogP contribution in [0.3, 0.4) is 0 Å². The van der Waals surface area contributed by atoms with Crippen LogP contribution < -0.4 is 25.2 Å². The largest absolute Gasteiger partial charge is 0.489 e. The lowest BCUT2D eigenvalue weighted by atomic mass is 9.49. The van der Waals surface area contributed by atoms with Gasteiger partial charge in [0.15, 0.2) is 0 Å². The summed E-state index contributed by atoms with van der Waals surface area (Å²) in [4.78, 5) is 69.5. The second kappa shape index (κ2) is 15.6. The van der Waals surface area contributed by atoms with E-state index in [-0.39, 0.29) is 59.0 Å². The van der Waals surface area contributed by atoms with E-state index in [0.717, 1.165) is 61.7 Å². The van der Waals surface area contributed by atoms with Gasteiger partial charge in [-0.05, 0) is 80.3 Å². The van der Waals surface area contributed by atoms with Crippen molar-refractivity contribution < 1.29 is 33.4 Å². The Labute approximate surface area is 348 Å². The van der Waals surface area contributed by atoms with E-state index in [1.807, 2.05) is 30.3 Å². The number of piperidine rings is 2. The third-order valence-corrected chi connectivity index (χ3v) is 13.3. The first kappa shape index (κ1) is 40.3. The minimum absolute atomic E-state index is 0.0828. The molecule has 5 aliphatic rings. The van der Waals surface area contributed by atoms with Crippen LogP contribution in [0.2, 0.25) is 5.02 Å². The Kier molecular flexibility index (Phi) is 10.7. The van der Waals surface area contributed by atoms with Crippen LogP contribution in [0.15, 0.2) is 60.7 Å². The van der Waals surface area contributed by atoms with E-state index in [0.29, 0.717) is 34.4 Å². The van der Waals surface area contributed by atoms with Crippen LogP contribution in [0.1, 0.15) is 96.4 Å². The Bertz CT molecular complexity index is 2230. The van der Waals surface area contributed by atoms with Crippen LogP contribution in [-0.4, -0.2) is 91.5 Å². The van der Waals surface area contributed by atoms with E-state index in [1.165, 1.54) is 0 Å². The van der Waals surface area contributed by atoms with Crippen molar-refractivity contribution in [3.8, 4) is 11.8 Å². The van der Waals surface area contributed by atoms with Gasteiger partial charge < -0.3 is 24.6 Å². The fraction of sp³-hybridized carbons (Fsp3) is 0.467. The summed E-state index contributed by atoms with van der Waals surface area (Å²) in [5.41, 5.74) is 2.77. The lowest BCUT2D eigenvalue weighted by molar-refractivity contribution is -0.164. The Balaban J connectivity index is 0.787. The second-order valence-corrected chi connectivity index (χ2v) is 18.1. The van der Waals surface area contributed by atoms with Gasteiger partial charge in [0.05, 0.1) is 34.4 Å². The number of fused-ring (bicyclic) bond motifs is 1. The maximum atomic E-state index is 13.5. The number of carbonyl (C=O) groups excluding carboxylic acids is 5. The zero-order chi connectivity index (χ0) is 41.8. The zero-order valence-electron chi connectivity index (χ0n) is 33.8. The molecule has 1 saturated carbocycles. The highest BCUT2D eigenvalue weighted by atomic mass is 35.5. The maximum Gasteiger partial charge on any atom is 0.262 e. The number of hydrogen-bond donors (Lipinski definition) is 2. The third-order valence-electron chi connectivity index (χ3n) is 13.0. The highest BCUT2D eigenvalue weighted by Gasteiger charge is 2.64. The number of imide groups is 2. The fourth-order valence-electron chi connectivity index (χ4n) is 10.0. The van der Waals surface area contributed by atoms with Crippen LogP contribution in [0.4, 0.5) is 11.4 Å². The number of halogens is 1. The van der Waals surface area contributed by atoms with Crippen LogP contribution in [0.25, 0.3) is 0 Å². The predicted octanol–water partition coefficient (Wildman–Crippen LogP) is 5.74. The van der Waals surface area contributed by atoms with Crippen molar-refractivity contribution in [1.82, 2.24) is 15.5 Å². The standard InChI is InChI=1S/C45H49ClN6O7/c1-44(2)42(45(3,4)43(44)59-32-11-7-28(23-47)35(46)22-32)49-38(54)27-5-8-29(9-6-27)51-18-15-26(24-51)25-58-31-16-19-50(20-17-31)30-10-12-33-34(21-30)41(57)52(40(33)56)36-13-14-37(53)48-39(36)55/h5-12,21-22,26,31,36,42-43H,13-20,24-25H2,1-4H3,(H,49,54)(H,48,53,55)/t26-,36-,42?,43?/m1/s1. The third kappa shape index (κ3) is 7.53. The number of hydrogen-bond acceptors (Lipinski definition) is 10. The van der Waals surface area contributed by atoms with E-state index in [4.69, 9.17) is 21.1 Å². The Morgan fingerprint density at radius 1 is 0.864 bits per heavy atom. The van der Waals surface area contributed by atoms with Gasteiger partial charge in [0.2, 0.25) is 11.8 Å². The molecule has 1 aliphatic carbocycles. The van der Waals surface area contributed by atoms with Crippen molar-refractivity contribution in [3.63, 3.8) is 0 Å². The van der Waals surface area contributed by atoms with Crippen molar-refractivity contribution >= 4 is 52.5 Å². The van der Waals surface area contributed by atoms with Gasteiger partial charge in [0.25, 0.3) is 17.7 Å². The molecule has 0 aromatic heterocycles. The number of benzene rings is 3. The first-order chi connectivity index (χ1) is 28.1. The van der Waals surface area contributed by atoms with E-state index in [1.54, 1.807) is 30.3 Å². The maximum absolute atomic E-state index is 13.5. The number of nitrogens with one attached hydrogen (secondary N) is 2. The van der Waals surface area contributed by atoms with Crippen molar-refractivity contribution in [3.05, 3.63) is 87.9 Å². The van der Waals surface area contributed by atoms with Gasteiger partial charge in [0.1, 0.15) is 24.0 Å². The molecule has 13 nitrogen and oxygen atoms in total. The summed E-state index contributed by atoms with van der Waals surface area (Å²) >= 11 is 6.25. The van der Waals surface area contributed by atoms with Crippen LogP contribution >= 0.6 is 11.6 Å². The van der Waals surface area contributed by atoms with Crippen LogP contribution in [0, 0.1) is 28.1 Å². The van der Waals surface area contributed by atoms with Gasteiger partial charge in [0, 0.05) is 78.4 Å². The molecule has 0 spiro atoms. The quantitative estimate of drug-likeness (QED) is 0.242. The summed E-state index contributed by atoms with van der Waals surface area (Å²) in [6.45, 7) is 12.3. The number of rotatable bonds is 10. The molecule has 5 amide bonds. The highest BCUT2D eigenvalue weighted by Crippen LogP contribution is 2.55. The van der Waals surface area contributed by atoms with Gasteiger partial charge in [-0.2, -0.15) is 5.26 Å². The molecule has 4 heterocycles. The molecule has 308 valence electrons. The predicted molar refractivity (Wildman–Crippen MR) is 220 cm³/mol. The van der Waals surface area contributed by atoms with Crippen LogP contribution in [-0.2, 0) is 14.3 Å². The molecule has 3 saturated heterocycles. The molecule has 0 bridgehead atoms. The molecular formula is C45H49ClN6O7. The number of carbonyl (C=O) groups is 5. The first-order valence-electron chi connectivity index (χ1n) is 20.4. The minimum Gasteiger partial charge on any atom is -0.489 e. The molecule has 2 atom stereocenters. The first-order valence-corrected chi connectivity index (χ1v) is 20.8. The summed E-state index contributed by atoms with van der Waals surface area (Å²) in [5.74, 6) is -1.17. The summed E-state index contributed by atoms with van der Waals surface area (Å²) < 4.78 is 12.8. The minimum atomic E-state index is -0.985. The summed E-state index contributed by atoms with van der Waals surface area (Å²) in [5, 5.41) is 15.1. The zero-order valence-corrected chi connectivity index (χ0v) is 34.5. The highest BCUT2D eigenvalue weighted by molar-refractivity contribution is 6.31. The van der Waals surface area contributed by atoms with Crippen molar-refractivity contribution in [2.75, 3.05) is 42.6 Å². The lowest BCUT2D eigenvalue weighted by Gasteiger charge is -2.63. The molecule has 3 aromatic carbocycles. The summed E-state index contributed by atoms with van der Waals surface area (Å²) in [7, 11) is 0. The van der Waals surface area contributed by atoms with Crippen LogP contribution in [0.5, 0.6) is 5.75 Å². The van der Waals surface area contributed by atoms with E-state index >= 15 is 0 Å². The molecule has 2 N–H and O–H groups in total. The SMILES string of the molecule is CC1(C)C(NC(=O)c2ccc(N3CC[C@@H](COC4CCN(c5ccc6c(c5)C(=O)N([C@@H]5CCC(=O)NC5=O)C6=O)CC4)C3)cc2)C(C)(C)C1Oc1ccc(C#N)c(Cl)c1. The smallest absolute Gasteiger partial charge is 0.262 e. The van der Waals surface area contributed by atoms with Crippen molar-refractivity contribution in [2.45, 2.75) is 84.1 Å². The van der Waals surface area contributed by atoms with E-state index in [2.05, 4.69) is 54.2 Å². The van der Waals surface area contributed by atoms with Gasteiger partial charge in [-0.3, -0.25) is 34.2 Å². The van der Waals surface area contributed by atoms with Gasteiger partial charge in [-0.1, -0.05) is 39.3 Å². The average Bonchev–Trinajstić information content (AvgIpc) is 3.80. The molecule has 8 rings (SSSR count). The molecule has 3 aromatic rings. The number of ether oxygens (including phenoxy) is 2. The topological polar surface area (TPSA) is 161 Å². The average molecular weight is 821 g/mol. The van der Waals surface area contributed by atoms with E-state index < -0.39 is 29.7 Å². The monoisotopic (exact) mass is 820 g/mol. The molecule has 14 heteroatoms. The van der Waals surface area contributed by atoms with Gasteiger partial charge >= 0.3 is 0 Å². The number of nitrogens with zero attached hydrogens (tertiary/aromatic N) is 4. The Morgan fingerprint density at radius 3 is 2.22 bits per heavy atom. The molecule has 4 fully saturated rings. The second-order valence-electron chi connectivity index (χ2n) is 17.6. The van der Waals surface area contributed by atoms with Crippen molar-refractivity contribution in [2.24, 2.45) is 16.7 Å². The molecule has 59 heavy (non-hydrogen) atoms. The molecule has 4 aliphatic heterocycles. The number of anilines is 2. The Morgan fingerprint density at radius 2 is 1.54 bits per heavy atom. The van der Waals surface area contributed by atoms with E-state index in [9.17, 15) is 29.2 Å². The van der Waals surface area contributed by atoms with Gasteiger partial charge in [-0.25, -0.2) is 0 Å². The fourth-order valence-corrected chi connectivity index (χ4v) is 10.3. The molecular weight excluding hydrogens is 772 g/mol. The molecule has 0 unspecified atom stereocenters.